The van der Waals surface area contributed by atoms with Crippen molar-refractivity contribution in [1.29, 1.82) is 0 Å². The van der Waals surface area contributed by atoms with Crippen molar-refractivity contribution in [2.24, 2.45) is 5.73 Å². The Hall–Kier alpha value is -0.740. The van der Waals surface area contributed by atoms with Crippen molar-refractivity contribution in [3.05, 3.63) is 29.1 Å². The molecule has 0 saturated heterocycles. The molecule has 0 amide bonds. The van der Waals surface area contributed by atoms with Gasteiger partial charge in [-0.15, -0.1) is 0 Å². The fourth-order valence-electron chi connectivity index (χ4n) is 1.81. The lowest BCUT2D eigenvalue weighted by atomic mass is 9.99. The highest BCUT2D eigenvalue weighted by Crippen LogP contribution is 2.34. The third-order valence-corrected chi connectivity index (χ3v) is 3.70. The van der Waals surface area contributed by atoms with Crippen LogP contribution < -0.4 is 10.5 Å². The molecule has 0 aliphatic carbocycles. The minimum Gasteiger partial charge on any atom is -0.494 e. The molecule has 1 aromatic rings. The van der Waals surface area contributed by atoms with E-state index >= 15 is 0 Å². The summed E-state index contributed by atoms with van der Waals surface area (Å²) in [5.74, 6) is 1.73. The summed E-state index contributed by atoms with van der Waals surface area (Å²) in [6, 6.07) is 3.49. The number of hydrogen-bond acceptors (Lipinski definition) is 3. The van der Waals surface area contributed by atoms with Crippen molar-refractivity contribution in [3.63, 3.8) is 0 Å². The highest BCUT2D eigenvalue weighted by molar-refractivity contribution is 7.98. The highest BCUT2D eigenvalue weighted by Gasteiger charge is 2.20. The first-order valence-corrected chi connectivity index (χ1v) is 6.08. The zero-order valence-corrected chi connectivity index (χ0v) is 9.44. The molecule has 0 spiro atoms. The van der Waals surface area contributed by atoms with Crippen LogP contribution in [-0.4, -0.2) is 12.9 Å². The average molecular weight is 227 g/mol. The Kier molecular flexibility index (Phi) is 3.17. The summed E-state index contributed by atoms with van der Waals surface area (Å²) in [6.07, 6.45) is 0.906. The van der Waals surface area contributed by atoms with Crippen LogP contribution in [0.2, 0.25) is 0 Å². The van der Waals surface area contributed by atoms with E-state index in [1.54, 1.807) is 17.8 Å². The van der Waals surface area contributed by atoms with E-state index in [1.807, 2.05) is 6.07 Å². The number of nitrogens with two attached hydrogens (primary N) is 1. The minimum absolute atomic E-state index is 0.0459. The van der Waals surface area contributed by atoms with Crippen LogP contribution in [0.25, 0.3) is 0 Å². The Morgan fingerprint density at radius 2 is 2.33 bits per heavy atom. The second kappa shape index (κ2) is 4.41. The van der Waals surface area contributed by atoms with Gasteiger partial charge in [0.05, 0.1) is 7.11 Å². The predicted molar refractivity (Wildman–Crippen MR) is 60.7 cm³/mol. The highest BCUT2D eigenvalue weighted by atomic mass is 32.2. The average Bonchev–Trinajstić information content (AvgIpc) is 2.42. The number of fused-ring (bicyclic) bond motifs is 1. The van der Waals surface area contributed by atoms with Crippen LogP contribution in [0, 0.1) is 5.82 Å². The van der Waals surface area contributed by atoms with E-state index < -0.39 is 0 Å². The Bertz CT molecular complexity index is 370. The molecule has 82 valence electrons. The number of thioether (sulfide) groups is 1. The second-order valence-corrected chi connectivity index (χ2v) is 4.70. The summed E-state index contributed by atoms with van der Waals surface area (Å²) in [7, 11) is 1.48. The van der Waals surface area contributed by atoms with Crippen molar-refractivity contribution in [2.45, 2.75) is 18.2 Å². The van der Waals surface area contributed by atoms with Crippen molar-refractivity contribution in [2.75, 3.05) is 12.9 Å². The largest absolute Gasteiger partial charge is 0.494 e. The smallest absolute Gasteiger partial charge is 0.169 e. The molecule has 0 bridgehead atoms. The molecule has 1 aliphatic rings. The lowest BCUT2D eigenvalue weighted by Gasteiger charge is -2.14. The summed E-state index contributed by atoms with van der Waals surface area (Å²) in [5.41, 5.74) is 7.63. The Balaban J connectivity index is 2.50. The van der Waals surface area contributed by atoms with Crippen LogP contribution in [0.15, 0.2) is 12.1 Å². The zero-order chi connectivity index (χ0) is 10.8. The normalized spacial score (nSPS) is 20.6. The van der Waals surface area contributed by atoms with Gasteiger partial charge < -0.3 is 10.5 Å². The third kappa shape index (κ3) is 1.96. The van der Waals surface area contributed by atoms with Crippen LogP contribution in [-0.2, 0) is 5.75 Å². The molecule has 0 radical (unpaired) electrons. The first-order chi connectivity index (χ1) is 7.24. The van der Waals surface area contributed by atoms with Crippen molar-refractivity contribution in [3.8, 4) is 5.75 Å². The van der Waals surface area contributed by atoms with Gasteiger partial charge in [-0.3, -0.25) is 0 Å². The topological polar surface area (TPSA) is 35.2 Å². The van der Waals surface area contributed by atoms with Crippen LogP contribution >= 0.6 is 11.8 Å². The van der Waals surface area contributed by atoms with E-state index in [0.29, 0.717) is 17.1 Å². The molecule has 2 rings (SSSR count). The summed E-state index contributed by atoms with van der Waals surface area (Å²) >= 11 is 1.72. The van der Waals surface area contributed by atoms with E-state index in [2.05, 4.69) is 0 Å². The maximum Gasteiger partial charge on any atom is 0.169 e. The maximum absolute atomic E-state index is 13.9. The predicted octanol–water partition coefficient (Wildman–Crippen LogP) is 2.47. The molecule has 1 aliphatic heterocycles. The first kappa shape index (κ1) is 10.8. The van der Waals surface area contributed by atoms with Gasteiger partial charge >= 0.3 is 0 Å². The lowest BCUT2D eigenvalue weighted by molar-refractivity contribution is 0.384. The van der Waals surface area contributed by atoms with Gasteiger partial charge in [-0.05, 0) is 23.8 Å². The minimum atomic E-state index is -0.250. The first-order valence-electron chi connectivity index (χ1n) is 4.92. The summed E-state index contributed by atoms with van der Waals surface area (Å²) in [4.78, 5) is 0. The number of hydrogen-bond donors (Lipinski definition) is 1. The van der Waals surface area contributed by atoms with Gasteiger partial charge in [-0.25, -0.2) is 4.39 Å². The van der Waals surface area contributed by atoms with Gasteiger partial charge in [0.2, 0.25) is 0 Å². The molecule has 0 unspecified atom stereocenters. The maximum atomic E-state index is 13.9. The molecule has 1 aromatic carbocycles. The molecular formula is C11H14FNOS. The van der Waals surface area contributed by atoms with Gasteiger partial charge in [0.15, 0.2) is 11.6 Å². The molecule has 1 heterocycles. The van der Waals surface area contributed by atoms with E-state index in [0.717, 1.165) is 17.7 Å². The summed E-state index contributed by atoms with van der Waals surface area (Å²) < 4.78 is 18.9. The molecule has 1 atom stereocenters. The van der Waals surface area contributed by atoms with Gasteiger partial charge in [0.25, 0.3) is 0 Å². The molecule has 4 heteroatoms. The number of ether oxygens (including phenoxy) is 1. The van der Waals surface area contributed by atoms with Crippen LogP contribution in [0.4, 0.5) is 4.39 Å². The third-order valence-electron chi connectivity index (χ3n) is 2.68. The number of methoxy groups -OCH3 is 1. The van der Waals surface area contributed by atoms with E-state index in [4.69, 9.17) is 10.5 Å². The van der Waals surface area contributed by atoms with Crippen molar-refractivity contribution >= 4 is 11.8 Å². The van der Waals surface area contributed by atoms with E-state index in [9.17, 15) is 4.39 Å². The summed E-state index contributed by atoms with van der Waals surface area (Å²) in [6.45, 7) is 0. The summed E-state index contributed by atoms with van der Waals surface area (Å²) in [5, 5.41) is 0. The quantitative estimate of drug-likeness (QED) is 0.800. The van der Waals surface area contributed by atoms with E-state index in [1.165, 1.54) is 7.11 Å². The Morgan fingerprint density at radius 1 is 1.53 bits per heavy atom. The van der Waals surface area contributed by atoms with Crippen LogP contribution in [0.3, 0.4) is 0 Å². The number of benzene rings is 1. The van der Waals surface area contributed by atoms with Crippen molar-refractivity contribution < 1.29 is 9.13 Å². The molecule has 0 saturated carbocycles. The Morgan fingerprint density at radius 3 is 3.07 bits per heavy atom. The van der Waals surface area contributed by atoms with Gasteiger partial charge in [-0.1, -0.05) is 6.07 Å². The Labute approximate surface area is 93.0 Å². The number of rotatable bonds is 1. The van der Waals surface area contributed by atoms with Gasteiger partial charge in [0.1, 0.15) is 0 Å². The molecule has 2 N–H and O–H groups in total. The van der Waals surface area contributed by atoms with Gasteiger partial charge in [0, 0.05) is 17.4 Å². The fourth-order valence-corrected chi connectivity index (χ4v) is 2.87. The van der Waals surface area contributed by atoms with Crippen molar-refractivity contribution in [1.82, 2.24) is 0 Å². The fraction of sp³-hybridized carbons (Fsp3) is 0.455. The second-order valence-electron chi connectivity index (χ2n) is 3.60. The monoisotopic (exact) mass is 227 g/mol. The standard InChI is InChI=1S/C11H14FNOS/c1-14-10-3-2-7-8(11(10)12)6-15-5-4-9(7)13/h2-3,9H,4-6,13H2,1H3/t9-/m0/s1. The van der Waals surface area contributed by atoms with Crippen LogP contribution in [0.1, 0.15) is 23.6 Å². The molecule has 15 heavy (non-hydrogen) atoms. The molecule has 2 nitrogen and oxygen atoms in total. The molecule has 0 aromatic heterocycles. The lowest BCUT2D eigenvalue weighted by Crippen LogP contribution is -2.12. The zero-order valence-electron chi connectivity index (χ0n) is 8.63. The molecular weight excluding hydrogens is 213 g/mol. The molecule has 0 fully saturated rings. The van der Waals surface area contributed by atoms with E-state index in [-0.39, 0.29) is 11.9 Å². The SMILES string of the molecule is COc1ccc2c(c1F)CSCC[C@@H]2N. The van der Waals surface area contributed by atoms with Gasteiger partial charge in [-0.2, -0.15) is 11.8 Å². The number of halogens is 1. The van der Waals surface area contributed by atoms with Crippen LogP contribution in [0.5, 0.6) is 5.75 Å².